The smallest absolute Gasteiger partial charge is 0.315 e. The van der Waals surface area contributed by atoms with E-state index in [1.807, 2.05) is 38.3 Å². The summed E-state index contributed by atoms with van der Waals surface area (Å²) in [5.74, 6) is 0. The first kappa shape index (κ1) is 25.4. The predicted molar refractivity (Wildman–Crippen MR) is 142 cm³/mol. The molecule has 1 saturated heterocycles. The van der Waals surface area contributed by atoms with Gasteiger partial charge in [0.15, 0.2) is 0 Å². The molecule has 1 unspecified atom stereocenters. The first-order valence-corrected chi connectivity index (χ1v) is 13.4. The molecule has 32 heavy (non-hydrogen) atoms. The molecule has 1 aliphatic heterocycles. The van der Waals surface area contributed by atoms with E-state index in [1.165, 1.54) is 13.3 Å². The molecule has 0 bridgehead atoms. The van der Waals surface area contributed by atoms with E-state index in [9.17, 15) is 4.79 Å². The molecule has 3 heterocycles. The summed E-state index contributed by atoms with van der Waals surface area (Å²) in [6, 6.07) is 8.87. The minimum atomic E-state index is -0.110. The van der Waals surface area contributed by atoms with Crippen molar-refractivity contribution in [2.24, 2.45) is 5.41 Å². The highest BCUT2D eigenvalue weighted by Crippen LogP contribution is 2.44. The van der Waals surface area contributed by atoms with Crippen LogP contribution in [-0.4, -0.2) is 41.1 Å². The molecule has 5 nitrogen and oxygen atoms in total. The van der Waals surface area contributed by atoms with Gasteiger partial charge in [0.05, 0.1) is 2.88 Å². The van der Waals surface area contributed by atoms with Gasteiger partial charge >= 0.3 is 6.03 Å². The third-order valence-corrected chi connectivity index (χ3v) is 8.93. The van der Waals surface area contributed by atoms with Crippen molar-refractivity contribution >= 4 is 40.0 Å². The summed E-state index contributed by atoms with van der Waals surface area (Å²) in [6.45, 7) is 14.8. The largest absolute Gasteiger partial charge is 0.336 e. The van der Waals surface area contributed by atoms with E-state index < -0.39 is 0 Å². The van der Waals surface area contributed by atoms with Gasteiger partial charge in [-0.25, -0.2) is 4.79 Å². The predicted octanol–water partition coefficient (Wildman–Crippen LogP) is 5.71. The fraction of sp³-hybridized carbons (Fsp3) is 0.600. The summed E-state index contributed by atoms with van der Waals surface area (Å²) in [6.07, 6.45) is 5.19. The van der Waals surface area contributed by atoms with E-state index in [1.54, 1.807) is 0 Å². The topological polar surface area (TPSA) is 57.3 Å². The van der Waals surface area contributed by atoms with Gasteiger partial charge in [-0.05, 0) is 114 Å². The number of nitrogens with one attached hydrogen (secondary N) is 2. The minimum absolute atomic E-state index is 0.0269. The first-order chi connectivity index (χ1) is 15.0. The molecular weight excluding hydrogens is 531 g/mol. The molecule has 7 heteroatoms. The van der Waals surface area contributed by atoms with E-state index in [2.05, 4.69) is 88.1 Å². The molecular formula is C25H37IN4OS. The molecule has 2 amide bonds. The highest BCUT2D eigenvalue weighted by Gasteiger charge is 2.47. The number of urea groups is 1. The monoisotopic (exact) mass is 568 g/mol. The fourth-order valence-corrected chi connectivity index (χ4v) is 6.43. The van der Waals surface area contributed by atoms with Crippen molar-refractivity contribution in [2.45, 2.75) is 78.4 Å². The number of halogens is 1. The fourth-order valence-electron chi connectivity index (χ4n) is 4.67. The number of carbonyl (C=O) groups is 1. The molecule has 1 aliphatic rings. The van der Waals surface area contributed by atoms with Crippen LogP contribution >= 0.6 is 33.9 Å². The Morgan fingerprint density at radius 2 is 2.00 bits per heavy atom. The molecule has 2 aromatic heterocycles. The lowest BCUT2D eigenvalue weighted by atomic mass is 9.75. The Bertz CT molecular complexity index is 911. The highest BCUT2D eigenvalue weighted by atomic mass is 127. The number of hydrogen-bond donors (Lipinski definition) is 2. The molecule has 2 atom stereocenters. The summed E-state index contributed by atoms with van der Waals surface area (Å²) in [5.41, 5.74) is 2.20. The molecule has 0 aliphatic carbocycles. The number of pyridine rings is 1. The summed E-state index contributed by atoms with van der Waals surface area (Å²) < 4.78 is 1.33. The van der Waals surface area contributed by atoms with Gasteiger partial charge in [0.25, 0.3) is 0 Å². The molecule has 1 fully saturated rings. The van der Waals surface area contributed by atoms with Gasteiger partial charge in [0.2, 0.25) is 0 Å². The lowest BCUT2D eigenvalue weighted by molar-refractivity contribution is 0.113. The second kappa shape index (κ2) is 10.4. The van der Waals surface area contributed by atoms with Crippen LogP contribution in [0.15, 0.2) is 30.5 Å². The number of likely N-dealkylation sites (tertiary alicyclic amines) is 1. The molecule has 0 saturated carbocycles. The quantitative estimate of drug-likeness (QED) is 0.401. The van der Waals surface area contributed by atoms with Crippen molar-refractivity contribution in [3.8, 4) is 0 Å². The number of rotatable bonds is 8. The second-order valence-corrected chi connectivity index (χ2v) is 13.0. The van der Waals surface area contributed by atoms with Crippen molar-refractivity contribution in [1.82, 2.24) is 20.5 Å². The highest BCUT2D eigenvalue weighted by molar-refractivity contribution is 14.1. The van der Waals surface area contributed by atoms with Gasteiger partial charge in [-0.15, -0.1) is 11.3 Å². The molecule has 3 rings (SSSR count). The van der Waals surface area contributed by atoms with E-state index in [0.717, 1.165) is 38.0 Å². The maximum absolute atomic E-state index is 12.5. The van der Waals surface area contributed by atoms with Crippen molar-refractivity contribution in [2.75, 3.05) is 13.1 Å². The van der Waals surface area contributed by atoms with Crippen molar-refractivity contribution in [3.63, 3.8) is 0 Å². The number of nitrogens with zero attached hydrogens (tertiary/aromatic N) is 2. The number of carbonyl (C=O) groups excluding carboxylic acids is 1. The average molecular weight is 569 g/mol. The molecule has 0 aromatic carbocycles. The summed E-state index contributed by atoms with van der Waals surface area (Å²) in [7, 11) is 0. The van der Waals surface area contributed by atoms with Crippen molar-refractivity contribution in [1.29, 1.82) is 0 Å². The maximum atomic E-state index is 12.5. The van der Waals surface area contributed by atoms with Crippen LogP contribution in [0.2, 0.25) is 0 Å². The standard InChI is InChI=1S/C25H37IN4OS/c1-17(2)28-23(31)29-19(4)25(12-11-21-9-10-22(26)32-21)13-14-30(16-25)24(5,6)20-8-7-18(3)27-15-20/h7-10,15,17,19H,11-14,16H2,1-6H3,(H2,28,29,31)/t19-,25?/m0/s1. The van der Waals surface area contributed by atoms with Crippen molar-refractivity contribution in [3.05, 3.63) is 49.5 Å². The molecule has 2 N–H and O–H groups in total. The average Bonchev–Trinajstić information content (AvgIpc) is 3.33. The zero-order chi connectivity index (χ0) is 23.5. The molecule has 176 valence electrons. The van der Waals surface area contributed by atoms with Crippen LogP contribution in [0, 0.1) is 15.2 Å². The SMILES string of the molecule is Cc1ccc(C(C)(C)N2CCC(CCc3ccc(I)s3)([C@H](C)NC(=O)NC(C)C)C2)cn1. The van der Waals surface area contributed by atoms with Gasteiger partial charge in [0.1, 0.15) is 0 Å². The van der Waals surface area contributed by atoms with Crippen molar-refractivity contribution < 1.29 is 4.79 Å². The number of aromatic nitrogens is 1. The number of thiophene rings is 1. The molecule has 0 radical (unpaired) electrons. The summed E-state index contributed by atoms with van der Waals surface area (Å²) in [5, 5.41) is 6.26. The minimum Gasteiger partial charge on any atom is -0.336 e. The van der Waals surface area contributed by atoms with Gasteiger partial charge in [0, 0.05) is 46.4 Å². The van der Waals surface area contributed by atoms with E-state index in [4.69, 9.17) is 0 Å². The summed E-state index contributed by atoms with van der Waals surface area (Å²) in [4.78, 5) is 21.1. The maximum Gasteiger partial charge on any atom is 0.315 e. The zero-order valence-electron chi connectivity index (χ0n) is 20.2. The van der Waals surface area contributed by atoms with Crippen LogP contribution in [0.5, 0.6) is 0 Å². The lowest BCUT2D eigenvalue weighted by Gasteiger charge is -2.40. The van der Waals surface area contributed by atoms with Gasteiger partial charge in [-0.1, -0.05) is 6.07 Å². The Labute approximate surface area is 210 Å². The van der Waals surface area contributed by atoms with Gasteiger partial charge in [-0.2, -0.15) is 0 Å². The lowest BCUT2D eigenvalue weighted by Crippen LogP contribution is -2.52. The summed E-state index contributed by atoms with van der Waals surface area (Å²) >= 11 is 4.27. The Morgan fingerprint density at radius 3 is 2.59 bits per heavy atom. The van der Waals surface area contributed by atoms with Crippen LogP contribution in [0.4, 0.5) is 4.79 Å². The van der Waals surface area contributed by atoms with Crippen LogP contribution in [0.3, 0.4) is 0 Å². The Balaban J connectivity index is 1.80. The zero-order valence-corrected chi connectivity index (χ0v) is 23.1. The first-order valence-electron chi connectivity index (χ1n) is 11.5. The van der Waals surface area contributed by atoms with Gasteiger partial charge in [-0.3, -0.25) is 9.88 Å². The number of aryl methyl sites for hydroxylation is 2. The normalized spacial score (nSPS) is 20.5. The van der Waals surface area contributed by atoms with E-state index in [0.29, 0.717) is 0 Å². The van der Waals surface area contributed by atoms with Crippen LogP contribution in [0.25, 0.3) is 0 Å². The third kappa shape index (κ3) is 6.03. The number of hydrogen-bond acceptors (Lipinski definition) is 4. The molecule has 0 spiro atoms. The van der Waals surface area contributed by atoms with Gasteiger partial charge < -0.3 is 10.6 Å². The Morgan fingerprint density at radius 1 is 1.25 bits per heavy atom. The van der Waals surface area contributed by atoms with Crippen LogP contribution < -0.4 is 10.6 Å². The second-order valence-electron chi connectivity index (χ2n) is 9.98. The van der Waals surface area contributed by atoms with Crippen LogP contribution in [0.1, 0.15) is 63.6 Å². The van der Waals surface area contributed by atoms with E-state index >= 15 is 0 Å². The number of amides is 2. The molecule has 2 aromatic rings. The third-order valence-electron chi connectivity index (χ3n) is 6.98. The van der Waals surface area contributed by atoms with E-state index in [-0.39, 0.29) is 29.1 Å². The Kier molecular flexibility index (Phi) is 8.25. The Hall–Kier alpha value is -1.19. The van der Waals surface area contributed by atoms with Crippen LogP contribution in [-0.2, 0) is 12.0 Å².